The number of hydrogen-bond donors (Lipinski definition) is 4. The number of hydrogen-bond acceptors (Lipinski definition) is 6. The Balaban J connectivity index is 0.00000106. The summed E-state index contributed by atoms with van der Waals surface area (Å²) in [5, 5.41) is 9.84. The minimum atomic E-state index is 0.547. The van der Waals surface area contributed by atoms with E-state index < -0.39 is 0 Å². The molecule has 0 saturated carbocycles. The fourth-order valence-electron chi connectivity index (χ4n) is 1.74. The first-order chi connectivity index (χ1) is 10.3. The quantitative estimate of drug-likeness (QED) is 0.484. The molecule has 0 aliphatic heterocycles. The molecule has 0 saturated heterocycles. The average molecular weight is 307 g/mol. The maximum absolute atomic E-state index is 11.1. The Kier molecular flexibility index (Phi) is 7.34. The lowest BCUT2D eigenvalue weighted by Gasteiger charge is -2.05. The third kappa shape index (κ3) is 4.24. The normalized spacial score (nSPS) is 9.52. The summed E-state index contributed by atoms with van der Waals surface area (Å²) in [5.41, 5.74) is 7.75. The Labute approximate surface area is 129 Å². The van der Waals surface area contributed by atoms with Gasteiger partial charge in [-0.1, -0.05) is 31.0 Å². The highest BCUT2D eigenvalue weighted by Crippen LogP contribution is 2.26. The van der Waals surface area contributed by atoms with Crippen LogP contribution in [-0.4, -0.2) is 36.3 Å². The first kappa shape index (κ1) is 17.1. The van der Waals surface area contributed by atoms with Crippen LogP contribution in [0.1, 0.15) is 17.3 Å². The highest BCUT2D eigenvalue weighted by molar-refractivity contribution is 8.00. The lowest BCUT2D eigenvalue weighted by Crippen LogP contribution is -1.93. The molecular weight excluding hydrogens is 286 g/mol. The topological polar surface area (TPSA) is 95.8 Å². The van der Waals surface area contributed by atoms with Gasteiger partial charge in [-0.05, 0) is 19.2 Å². The second-order valence-corrected chi connectivity index (χ2v) is 4.91. The Morgan fingerprint density at radius 3 is 2.52 bits per heavy atom. The van der Waals surface area contributed by atoms with Crippen LogP contribution in [0.3, 0.4) is 0 Å². The molecule has 2 rings (SSSR count). The molecule has 0 aliphatic carbocycles. The fourth-order valence-corrected chi connectivity index (χ4v) is 2.18. The standard InChI is InChI=1S/C13H16N4OS.CH5N/c1-3-19-17-10-6-4-9(5-7-10)12-11(8-18)13(14-2)16-15-12;1-2/h4-8,17H,3H2,1-2H3,(H2,14,15,16);2H2,1H3. The van der Waals surface area contributed by atoms with Gasteiger partial charge in [0.15, 0.2) is 12.1 Å². The summed E-state index contributed by atoms with van der Waals surface area (Å²) in [5.74, 6) is 1.57. The fraction of sp³-hybridized carbons (Fsp3) is 0.286. The van der Waals surface area contributed by atoms with Gasteiger partial charge in [0.25, 0.3) is 0 Å². The van der Waals surface area contributed by atoms with Crippen LogP contribution in [0.15, 0.2) is 24.3 Å². The molecule has 0 amide bonds. The number of benzene rings is 1. The van der Waals surface area contributed by atoms with E-state index in [0.717, 1.165) is 29.0 Å². The van der Waals surface area contributed by atoms with Crippen LogP contribution in [0.5, 0.6) is 0 Å². The van der Waals surface area contributed by atoms with Crippen molar-refractivity contribution in [3.8, 4) is 11.3 Å². The number of aromatic amines is 1. The van der Waals surface area contributed by atoms with Crippen molar-refractivity contribution in [2.45, 2.75) is 6.92 Å². The molecule has 0 radical (unpaired) electrons. The van der Waals surface area contributed by atoms with Crippen molar-refractivity contribution < 1.29 is 4.79 Å². The molecule has 0 aliphatic rings. The number of H-pyrrole nitrogens is 1. The smallest absolute Gasteiger partial charge is 0.158 e. The summed E-state index contributed by atoms with van der Waals surface area (Å²) in [6, 6.07) is 7.87. The minimum absolute atomic E-state index is 0.547. The molecule has 2 aromatic rings. The van der Waals surface area contributed by atoms with Crippen LogP contribution in [0.4, 0.5) is 11.5 Å². The zero-order valence-electron chi connectivity index (χ0n) is 12.4. The van der Waals surface area contributed by atoms with E-state index in [0.29, 0.717) is 11.4 Å². The predicted molar refractivity (Wildman–Crippen MR) is 90.8 cm³/mol. The first-order valence-corrected chi connectivity index (χ1v) is 7.56. The van der Waals surface area contributed by atoms with Crippen molar-refractivity contribution in [2.24, 2.45) is 5.73 Å². The molecule has 1 aromatic heterocycles. The van der Waals surface area contributed by atoms with Gasteiger partial charge in [-0.3, -0.25) is 9.89 Å². The van der Waals surface area contributed by atoms with Crippen LogP contribution < -0.4 is 15.8 Å². The molecule has 6 nitrogen and oxygen atoms in total. The van der Waals surface area contributed by atoms with E-state index >= 15 is 0 Å². The number of nitrogens with zero attached hydrogens (tertiary/aromatic N) is 1. The van der Waals surface area contributed by atoms with Crippen LogP contribution >= 0.6 is 11.9 Å². The largest absolute Gasteiger partial charge is 0.371 e. The summed E-state index contributed by atoms with van der Waals surface area (Å²) in [6.45, 7) is 2.09. The lowest BCUT2D eigenvalue weighted by molar-refractivity contribution is 0.112. The van der Waals surface area contributed by atoms with Crippen LogP contribution in [-0.2, 0) is 0 Å². The number of carbonyl (C=O) groups excluding carboxylic acids is 1. The van der Waals surface area contributed by atoms with Gasteiger partial charge in [-0.2, -0.15) is 5.10 Å². The summed E-state index contributed by atoms with van der Waals surface area (Å²) in [4.78, 5) is 11.1. The molecule has 0 unspecified atom stereocenters. The molecule has 0 spiro atoms. The number of anilines is 2. The van der Waals surface area contributed by atoms with E-state index in [1.165, 1.54) is 7.05 Å². The number of nitrogens with two attached hydrogens (primary N) is 1. The Bertz CT molecular complexity index is 553. The van der Waals surface area contributed by atoms with Crippen molar-refractivity contribution in [1.82, 2.24) is 10.2 Å². The number of rotatable bonds is 6. The van der Waals surface area contributed by atoms with Crippen molar-refractivity contribution >= 4 is 29.7 Å². The molecule has 5 N–H and O–H groups in total. The zero-order valence-corrected chi connectivity index (χ0v) is 13.3. The Morgan fingerprint density at radius 2 is 2.00 bits per heavy atom. The molecule has 21 heavy (non-hydrogen) atoms. The lowest BCUT2D eigenvalue weighted by atomic mass is 10.1. The Morgan fingerprint density at radius 1 is 1.33 bits per heavy atom. The first-order valence-electron chi connectivity index (χ1n) is 6.57. The minimum Gasteiger partial charge on any atom is -0.371 e. The average Bonchev–Trinajstić information content (AvgIpc) is 2.98. The van der Waals surface area contributed by atoms with Gasteiger partial charge < -0.3 is 15.8 Å². The highest BCUT2D eigenvalue weighted by Gasteiger charge is 2.12. The molecule has 0 bridgehead atoms. The maximum atomic E-state index is 11.1. The van der Waals surface area contributed by atoms with Crippen molar-refractivity contribution in [2.75, 3.05) is 29.9 Å². The third-order valence-corrected chi connectivity index (χ3v) is 3.34. The van der Waals surface area contributed by atoms with Crippen LogP contribution in [0.25, 0.3) is 11.3 Å². The molecule has 1 aromatic carbocycles. The van der Waals surface area contributed by atoms with Crippen molar-refractivity contribution in [3.63, 3.8) is 0 Å². The summed E-state index contributed by atoms with van der Waals surface area (Å²) in [7, 11) is 3.24. The number of aromatic nitrogens is 2. The van der Waals surface area contributed by atoms with E-state index in [1.807, 2.05) is 24.3 Å². The van der Waals surface area contributed by atoms with E-state index in [9.17, 15) is 4.79 Å². The van der Waals surface area contributed by atoms with Gasteiger partial charge in [-0.25, -0.2) is 0 Å². The number of nitrogens with one attached hydrogen (secondary N) is 3. The van der Waals surface area contributed by atoms with Crippen LogP contribution in [0.2, 0.25) is 0 Å². The molecule has 114 valence electrons. The number of carbonyl (C=O) groups is 1. The molecule has 7 heteroatoms. The Hall–Kier alpha value is -1.99. The van der Waals surface area contributed by atoms with Crippen molar-refractivity contribution in [3.05, 3.63) is 29.8 Å². The number of aldehydes is 1. The monoisotopic (exact) mass is 307 g/mol. The van der Waals surface area contributed by atoms with Gasteiger partial charge in [0.05, 0.1) is 11.3 Å². The SMILES string of the molecule is CCSNc1ccc(-c2[nH]nc(NC)c2C=O)cc1.CN. The van der Waals surface area contributed by atoms with Gasteiger partial charge in [0.2, 0.25) is 0 Å². The third-order valence-electron chi connectivity index (χ3n) is 2.67. The van der Waals surface area contributed by atoms with E-state index in [-0.39, 0.29) is 0 Å². The van der Waals surface area contributed by atoms with E-state index in [1.54, 1.807) is 19.0 Å². The van der Waals surface area contributed by atoms with Gasteiger partial charge in [0, 0.05) is 24.1 Å². The second-order valence-electron chi connectivity index (χ2n) is 3.84. The van der Waals surface area contributed by atoms with E-state index in [4.69, 9.17) is 0 Å². The van der Waals surface area contributed by atoms with Gasteiger partial charge >= 0.3 is 0 Å². The summed E-state index contributed by atoms with van der Waals surface area (Å²) in [6.07, 6.45) is 0.809. The predicted octanol–water partition coefficient (Wildman–Crippen LogP) is 2.59. The van der Waals surface area contributed by atoms with E-state index in [2.05, 4.69) is 32.9 Å². The maximum Gasteiger partial charge on any atom is 0.158 e. The second kappa shape index (κ2) is 9.04. The highest BCUT2D eigenvalue weighted by atomic mass is 32.2. The molecule has 0 atom stereocenters. The van der Waals surface area contributed by atoms with Gasteiger partial charge in [0.1, 0.15) is 0 Å². The summed E-state index contributed by atoms with van der Waals surface area (Å²) >= 11 is 1.64. The molecule has 1 heterocycles. The van der Waals surface area contributed by atoms with Gasteiger partial charge in [-0.15, -0.1) is 0 Å². The van der Waals surface area contributed by atoms with Crippen LogP contribution in [0, 0.1) is 0 Å². The summed E-state index contributed by atoms with van der Waals surface area (Å²) < 4.78 is 3.23. The van der Waals surface area contributed by atoms with Crippen molar-refractivity contribution in [1.29, 1.82) is 0 Å². The molecular formula is C14H21N5OS. The molecule has 0 fully saturated rings. The zero-order chi connectivity index (χ0) is 15.7.